The minimum atomic E-state index is -0.157. The molecule has 2 fully saturated rings. The fraction of sp³-hybridized carbons (Fsp3) is 0.579. The van der Waals surface area contributed by atoms with Gasteiger partial charge in [-0.05, 0) is 12.8 Å². The number of fused-ring (bicyclic) bond motifs is 1. The lowest BCUT2D eigenvalue weighted by Crippen LogP contribution is -2.25. The second kappa shape index (κ2) is 7.63. The molecular formula is C19H25N3O4. The van der Waals surface area contributed by atoms with E-state index in [1.165, 1.54) is 6.42 Å². The highest BCUT2D eigenvalue weighted by Crippen LogP contribution is 2.30. The molecule has 7 heteroatoms. The number of nitrogens with zero attached hydrogens (tertiary/aromatic N) is 2. The molecule has 0 spiro atoms. The number of nitrogens with one attached hydrogen (secondary N) is 1. The Morgan fingerprint density at radius 1 is 1.27 bits per heavy atom. The molecule has 0 bridgehead atoms. The number of imidazole rings is 1. The van der Waals surface area contributed by atoms with Crippen LogP contribution in [-0.4, -0.2) is 42.2 Å². The molecule has 0 aromatic carbocycles. The number of ether oxygens (including phenoxy) is 3. The molecule has 2 aliphatic rings. The molecule has 1 N–H and O–H groups in total. The van der Waals surface area contributed by atoms with Gasteiger partial charge in [0.05, 0.1) is 32.6 Å². The Hall–Kier alpha value is -2.12. The van der Waals surface area contributed by atoms with Crippen molar-refractivity contribution in [2.45, 2.75) is 38.2 Å². The van der Waals surface area contributed by atoms with Gasteiger partial charge in [-0.3, -0.25) is 4.79 Å². The van der Waals surface area contributed by atoms with Crippen molar-refractivity contribution in [2.75, 3.05) is 32.2 Å². The van der Waals surface area contributed by atoms with Gasteiger partial charge in [-0.2, -0.15) is 0 Å². The molecule has 1 saturated heterocycles. The maximum atomic E-state index is 12.6. The zero-order valence-corrected chi connectivity index (χ0v) is 15.1. The Balaban J connectivity index is 1.58. The molecule has 1 unspecified atom stereocenters. The van der Waals surface area contributed by atoms with Crippen LogP contribution < -0.4 is 10.1 Å². The van der Waals surface area contributed by atoms with Crippen molar-refractivity contribution in [1.82, 2.24) is 9.38 Å². The SMILES string of the molecule is COc1cc2nc(C3COCCO3)cn2cc1NC(=O)C1CCCCC1. The smallest absolute Gasteiger partial charge is 0.227 e. The van der Waals surface area contributed by atoms with Crippen molar-refractivity contribution >= 4 is 17.2 Å². The number of carbonyl (C=O) groups excluding carboxylic acids is 1. The van der Waals surface area contributed by atoms with E-state index in [4.69, 9.17) is 14.2 Å². The Morgan fingerprint density at radius 3 is 2.85 bits per heavy atom. The van der Waals surface area contributed by atoms with Crippen LogP contribution in [0.15, 0.2) is 18.5 Å². The van der Waals surface area contributed by atoms with E-state index < -0.39 is 0 Å². The third kappa shape index (κ3) is 3.54. The first-order chi connectivity index (χ1) is 12.7. The van der Waals surface area contributed by atoms with Gasteiger partial charge >= 0.3 is 0 Å². The van der Waals surface area contributed by atoms with E-state index in [0.717, 1.165) is 37.0 Å². The van der Waals surface area contributed by atoms with Crippen LogP contribution in [0.3, 0.4) is 0 Å². The minimum absolute atomic E-state index is 0.0757. The Morgan fingerprint density at radius 2 is 2.12 bits per heavy atom. The van der Waals surface area contributed by atoms with Crippen LogP contribution in [0.5, 0.6) is 5.75 Å². The van der Waals surface area contributed by atoms with Gasteiger partial charge in [0.25, 0.3) is 0 Å². The van der Waals surface area contributed by atoms with Gasteiger partial charge in [0.2, 0.25) is 5.91 Å². The van der Waals surface area contributed by atoms with Crippen molar-refractivity contribution < 1.29 is 19.0 Å². The van der Waals surface area contributed by atoms with Crippen molar-refractivity contribution in [2.24, 2.45) is 5.92 Å². The normalized spacial score (nSPS) is 21.7. The summed E-state index contributed by atoms with van der Waals surface area (Å²) in [5.41, 5.74) is 2.24. The summed E-state index contributed by atoms with van der Waals surface area (Å²) in [7, 11) is 1.60. The molecule has 3 heterocycles. The lowest BCUT2D eigenvalue weighted by Gasteiger charge is -2.21. The lowest BCUT2D eigenvalue weighted by atomic mass is 9.88. The van der Waals surface area contributed by atoms with Gasteiger partial charge in [0.15, 0.2) is 0 Å². The molecule has 4 rings (SSSR count). The predicted molar refractivity (Wildman–Crippen MR) is 96.5 cm³/mol. The number of pyridine rings is 1. The zero-order chi connectivity index (χ0) is 17.9. The average molecular weight is 359 g/mol. The molecule has 1 amide bonds. The highest BCUT2D eigenvalue weighted by molar-refractivity contribution is 5.94. The average Bonchev–Trinajstić information content (AvgIpc) is 3.11. The minimum Gasteiger partial charge on any atom is -0.494 e. The highest BCUT2D eigenvalue weighted by atomic mass is 16.6. The van der Waals surface area contributed by atoms with E-state index in [1.807, 2.05) is 22.9 Å². The first kappa shape index (κ1) is 17.3. The molecule has 140 valence electrons. The van der Waals surface area contributed by atoms with Crippen LogP contribution in [0.4, 0.5) is 5.69 Å². The summed E-state index contributed by atoms with van der Waals surface area (Å²) < 4.78 is 18.6. The molecular weight excluding hydrogens is 334 g/mol. The van der Waals surface area contributed by atoms with Gasteiger partial charge in [-0.1, -0.05) is 19.3 Å². The van der Waals surface area contributed by atoms with Crippen LogP contribution in [0, 0.1) is 5.92 Å². The Bertz CT molecular complexity index is 776. The van der Waals surface area contributed by atoms with E-state index >= 15 is 0 Å². The van der Waals surface area contributed by atoms with Crippen LogP contribution in [0.2, 0.25) is 0 Å². The molecule has 1 atom stereocenters. The zero-order valence-electron chi connectivity index (χ0n) is 15.1. The molecule has 1 aliphatic carbocycles. The van der Waals surface area contributed by atoms with Crippen LogP contribution >= 0.6 is 0 Å². The number of aromatic nitrogens is 2. The fourth-order valence-corrected chi connectivity index (χ4v) is 3.71. The number of anilines is 1. The van der Waals surface area contributed by atoms with Gasteiger partial charge in [0, 0.05) is 24.4 Å². The van der Waals surface area contributed by atoms with E-state index in [2.05, 4.69) is 10.3 Å². The number of amides is 1. The Kier molecular flexibility index (Phi) is 5.08. The quantitative estimate of drug-likeness (QED) is 0.908. The fourth-order valence-electron chi connectivity index (χ4n) is 3.71. The van der Waals surface area contributed by atoms with E-state index in [-0.39, 0.29) is 17.9 Å². The van der Waals surface area contributed by atoms with E-state index in [1.54, 1.807) is 7.11 Å². The Labute approximate surface area is 152 Å². The number of carbonyl (C=O) groups is 1. The van der Waals surface area contributed by atoms with Gasteiger partial charge in [0.1, 0.15) is 23.2 Å². The number of methoxy groups -OCH3 is 1. The van der Waals surface area contributed by atoms with Gasteiger partial charge in [-0.15, -0.1) is 0 Å². The summed E-state index contributed by atoms with van der Waals surface area (Å²) >= 11 is 0. The first-order valence-electron chi connectivity index (χ1n) is 9.31. The maximum Gasteiger partial charge on any atom is 0.227 e. The summed E-state index contributed by atoms with van der Waals surface area (Å²) in [6.07, 6.45) is 9.03. The number of hydrogen-bond acceptors (Lipinski definition) is 5. The maximum absolute atomic E-state index is 12.6. The summed E-state index contributed by atoms with van der Waals surface area (Å²) in [6.45, 7) is 1.70. The van der Waals surface area contributed by atoms with Crippen molar-refractivity contribution in [3.05, 3.63) is 24.2 Å². The molecule has 1 saturated carbocycles. The van der Waals surface area contributed by atoms with Crippen molar-refractivity contribution in [1.29, 1.82) is 0 Å². The van der Waals surface area contributed by atoms with Crippen LogP contribution in [0.1, 0.15) is 43.9 Å². The summed E-state index contributed by atoms with van der Waals surface area (Å²) in [5.74, 6) is 0.779. The standard InChI is InChI=1S/C19H25N3O4/c1-24-16-9-18-20-15(17-12-25-7-8-26-17)11-22(18)10-14(16)21-19(23)13-5-3-2-4-6-13/h9-11,13,17H,2-8,12H2,1H3,(H,21,23). The van der Waals surface area contributed by atoms with Crippen LogP contribution in [0.25, 0.3) is 5.65 Å². The summed E-state index contributed by atoms with van der Waals surface area (Å²) in [4.78, 5) is 17.2. The van der Waals surface area contributed by atoms with Crippen molar-refractivity contribution in [3.63, 3.8) is 0 Å². The number of rotatable bonds is 4. The third-order valence-corrected chi connectivity index (χ3v) is 5.17. The van der Waals surface area contributed by atoms with Crippen molar-refractivity contribution in [3.8, 4) is 5.75 Å². The largest absolute Gasteiger partial charge is 0.494 e. The van der Waals surface area contributed by atoms with Gasteiger partial charge in [-0.25, -0.2) is 4.98 Å². The lowest BCUT2D eigenvalue weighted by molar-refractivity contribution is -0.120. The molecule has 2 aromatic heterocycles. The van der Waals surface area contributed by atoms with Crippen LogP contribution in [-0.2, 0) is 14.3 Å². The topological polar surface area (TPSA) is 74.1 Å². The van der Waals surface area contributed by atoms with E-state index in [9.17, 15) is 4.79 Å². The highest BCUT2D eigenvalue weighted by Gasteiger charge is 2.23. The monoisotopic (exact) mass is 359 g/mol. The predicted octanol–water partition coefficient (Wildman–Crippen LogP) is 2.95. The van der Waals surface area contributed by atoms with Gasteiger partial charge < -0.3 is 23.9 Å². The number of hydrogen-bond donors (Lipinski definition) is 1. The second-order valence-corrected chi connectivity index (χ2v) is 6.95. The van der Waals surface area contributed by atoms with E-state index in [0.29, 0.717) is 31.3 Å². The third-order valence-electron chi connectivity index (χ3n) is 5.17. The second-order valence-electron chi connectivity index (χ2n) is 6.95. The molecule has 0 radical (unpaired) electrons. The molecule has 2 aromatic rings. The molecule has 7 nitrogen and oxygen atoms in total. The first-order valence-corrected chi connectivity index (χ1v) is 9.31. The summed E-state index contributed by atoms with van der Waals surface area (Å²) in [6, 6.07) is 1.84. The molecule has 26 heavy (non-hydrogen) atoms. The molecule has 1 aliphatic heterocycles. The summed E-state index contributed by atoms with van der Waals surface area (Å²) in [5, 5.41) is 3.04.